The van der Waals surface area contributed by atoms with Gasteiger partial charge in [0.1, 0.15) is 0 Å². The van der Waals surface area contributed by atoms with E-state index in [1.54, 1.807) is 54.6 Å². The number of nitrogens with zero attached hydrogens (tertiary/aromatic N) is 1. The van der Waals surface area contributed by atoms with Crippen LogP contribution in [-0.4, -0.2) is 31.1 Å². The zero-order chi connectivity index (χ0) is 16.3. The Labute approximate surface area is 136 Å². The molecule has 3 rings (SSSR count). The second kappa shape index (κ2) is 6.64. The third-order valence-corrected chi connectivity index (χ3v) is 6.09. The maximum Gasteiger partial charge on any atom is 0.243 e. The molecule has 120 valence electrons. The van der Waals surface area contributed by atoms with Gasteiger partial charge in [0.15, 0.2) is 5.78 Å². The van der Waals surface area contributed by atoms with E-state index in [4.69, 9.17) is 0 Å². The second-order valence-electron chi connectivity index (χ2n) is 5.67. The number of carbonyl (C=O) groups excluding carboxylic acids is 1. The van der Waals surface area contributed by atoms with Crippen LogP contribution in [0.25, 0.3) is 0 Å². The molecule has 0 N–H and O–H groups in total. The summed E-state index contributed by atoms with van der Waals surface area (Å²) < 4.78 is 27.2. The number of sulfonamides is 1. The van der Waals surface area contributed by atoms with Crippen molar-refractivity contribution in [1.29, 1.82) is 0 Å². The fourth-order valence-corrected chi connectivity index (χ4v) is 4.65. The average Bonchev–Trinajstić information content (AvgIpc) is 2.62. The van der Waals surface area contributed by atoms with Gasteiger partial charge in [0.25, 0.3) is 0 Å². The molecular formula is C18H19NO3S. The number of rotatable bonds is 4. The first-order valence-electron chi connectivity index (χ1n) is 7.77. The lowest BCUT2D eigenvalue weighted by molar-refractivity contribution is 0.0861. The van der Waals surface area contributed by atoms with E-state index in [9.17, 15) is 13.2 Å². The molecule has 1 unspecified atom stereocenters. The van der Waals surface area contributed by atoms with Crippen LogP contribution in [-0.2, 0) is 10.0 Å². The van der Waals surface area contributed by atoms with Crippen LogP contribution < -0.4 is 0 Å². The van der Waals surface area contributed by atoms with E-state index >= 15 is 0 Å². The summed E-state index contributed by atoms with van der Waals surface area (Å²) >= 11 is 0. The van der Waals surface area contributed by atoms with E-state index < -0.39 is 16.1 Å². The monoisotopic (exact) mass is 329 g/mol. The molecule has 0 aromatic heterocycles. The molecule has 2 aromatic rings. The van der Waals surface area contributed by atoms with Crippen molar-refractivity contribution in [3.63, 3.8) is 0 Å². The Bertz CT molecular complexity index is 772. The lowest BCUT2D eigenvalue weighted by Crippen LogP contribution is -2.47. The summed E-state index contributed by atoms with van der Waals surface area (Å²) in [5.41, 5.74) is 0.563. The lowest BCUT2D eigenvalue weighted by atomic mass is 9.96. The molecule has 1 fully saturated rings. The third-order valence-electron chi connectivity index (χ3n) is 4.16. The highest BCUT2D eigenvalue weighted by molar-refractivity contribution is 7.89. The van der Waals surface area contributed by atoms with Gasteiger partial charge < -0.3 is 0 Å². The molecule has 0 bridgehead atoms. The number of carbonyl (C=O) groups is 1. The van der Waals surface area contributed by atoms with Crippen LogP contribution in [0.2, 0.25) is 0 Å². The van der Waals surface area contributed by atoms with E-state index in [2.05, 4.69) is 0 Å². The van der Waals surface area contributed by atoms with Crippen molar-refractivity contribution >= 4 is 15.8 Å². The molecule has 0 amide bonds. The summed E-state index contributed by atoms with van der Waals surface area (Å²) in [5.74, 6) is -0.121. The molecule has 4 nitrogen and oxygen atoms in total. The Morgan fingerprint density at radius 1 is 0.913 bits per heavy atom. The number of Topliss-reactive ketones (excluding diaryl/α,β-unsaturated/α-hetero) is 1. The topological polar surface area (TPSA) is 54.5 Å². The summed E-state index contributed by atoms with van der Waals surface area (Å²) in [4.78, 5) is 13.0. The molecule has 0 radical (unpaired) electrons. The summed E-state index contributed by atoms with van der Waals surface area (Å²) in [6.07, 6.45) is 2.22. The van der Waals surface area contributed by atoms with Gasteiger partial charge in [-0.05, 0) is 25.0 Å². The number of benzene rings is 2. The highest BCUT2D eigenvalue weighted by Crippen LogP contribution is 2.27. The number of piperidine rings is 1. The maximum absolute atomic E-state index is 12.9. The quantitative estimate of drug-likeness (QED) is 0.810. The van der Waals surface area contributed by atoms with Gasteiger partial charge in [-0.1, -0.05) is 55.0 Å². The highest BCUT2D eigenvalue weighted by Gasteiger charge is 2.37. The van der Waals surface area contributed by atoms with Crippen molar-refractivity contribution in [2.45, 2.75) is 30.2 Å². The predicted octanol–water partition coefficient (Wildman–Crippen LogP) is 3.11. The highest BCUT2D eigenvalue weighted by atomic mass is 32.2. The zero-order valence-electron chi connectivity index (χ0n) is 12.8. The molecule has 1 aliphatic rings. The van der Waals surface area contributed by atoms with Gasteiger partial charge >= 0.3 is 0 Å². The minimum atomic E-state index is -3.65. The number of ketones is 1. The van der Waals surface area contributed by atoms with Crippen LogP contribution in [0.5, 0.6) is 0 Å². The fourth-order valence-electron chi connectivity index (χ4n) is 2.98. The molecule has 1 heterocycles. The fraction of sp³-hybridized carbons (Fsp3) is 0.278. The standard InChI is InChI=1S/C18H19NO3S/c20-18(15-9-3-1-4-10-15)17-13-7-8-14-19(17)23(21,22)16-11-5-2-6-12-16/h1-6,9-12,17H,7-8,13-14H2. The molecular weight excluding hydrogens is 310 g/mol. The molecule has 0 spiro atoms. The molecule has 1 saturated heterocycles. The normalized spacial score (nSPS) is 19.4. The molecule has 0 saturated carbocycles. The molecule has 1 aliphatic heterocycles. The van der Waals surface area contributed by atoms with Crippen molar-refractivity contribution < 1.29 is 13.2 Å². The molecule has 0 aliphatic carbocycles. The van der Waals surface area contributed by atoms with Gasteiger partial charge in [-0.2, -0.15) is 4.31 Å². The summed E-state index contributed by atoms with van der Waals surface area (Å²) in [6.45, 7) is 0.389. The third kappa shape index (κ3) is 3.21. The minimum Gasteiger partial charge on any atom is -0.292 e. The minimum absolute atomic E-state index is 0.121. The first-order valence-corrected chi connectivity index (χ1v) is 9.21. The molecule has 23 heavy (non-hydrogen) atoms. The van der Waals surface area contributed by atoms with E-state index in [0.717, 1.165) is 12.8 Å². The number of hydrogen-bond donors (Lipinski definition) is 0. The van der Waals surface area contributed by atoms with Crippen LogP contribution in [0.3, 0.4) is 0 Å². The first kappa shape index (κ1) is 15.9. The van der Waals surface area contributed by atoms with E-state index in [0.29, 0.717) is 18.5 Å². The SMILES string of the molecule is O=C(c1ccccc1)C1CCCCN1S(=O)(=O)c1ccccc1. The van der Waals surface area contributed by atoms with Gasteiger partial charge in [-0.15, -0.1) is 0 Å². The predicted molar refractivity (Wildman–Crippen MR) is 88.7 cm³/mol. The lowest BCUT2D eigenvalue weighted by Gasteiger charge is -2.33. The van der Waals surface area contributed by atoms with E-state index in [1.807, 2.05) is 6.07 Å². The Hall–Kier alpha value is -1.98. The van der Waals surface area contributed by atoms with Gasteiger partial charge in [0.2, 0.25) is 10.0 Å². The Balaban J connectivity index is 1.95. The van der Waals surface area contributed by atoms with Gasteiger partial charge in [0, 0.05) is 12.1 Å². The van der Waals surface area contributed by atoms with Crippen molar-refractivity contribution in [3.05, 3.63) is 66.2 Å². The van der Waals surface area contributed by atoms with Crippen LogP contribution in [0.4, 0.5) is 0 Å². The van der Waals surface area contributed by atoms with Crippen LogP contribution in [0, 0.1) is 0 Å². The Kier molecular flexibility index (Phi) is 4.59. The average molecular weight is 329 g/mol. The second-order valence-corrected chi connectivity index (χ2v) is 7.56. The molecule has 2 aromatic carbocycles. The van der Waals surface area contributed by atoms with E-state index in [-0.39, 0.29) is 10.7 Å². The number of hydrogen-bond acceptors (Lipinski definition) is 3. The van der Waals surface area contributed by atoms with Gasteiger partial charge in [0.05, 0.1) is 10.9 Å². The van der Waals surface area contributed by atoms with Gasteiger partial charge in [-0.3, -0.25) is 4.79 Å². The van der Waals surface area contributed by atoms with Gasteiger partial charge in [-0.25, -0.2) is 8.42 Å². The smallest absolute Gasteiger partial charge is 0.243 e. The van der Waals surface area contributed by atoms with E-state index in [1.165, 1.54) is 4.31 Å². The van der Waals surface area contributed by atoms with Crippen molar-refractivity contribution in [2.24, 2.45) is 0 Å². The molecule has 5 heteroatoms. The Morgan fingerprint density at radius 3 is 2.17 bits per heavy atom. The molecule has 1 atom stereocenters. The Morgan fingerprint density at radius 2 is 1.52 bits per heavy atom. The summed E-state index contributed by atoms with van der Waals surface area (Å²) in [7, 11) is -3.65. The first-order chi connectivity index (χ1) is 11.1. The van der Waals surface area contributed by atoms with Crippen LogP contribution in [0.15, 0.2) is 65.6 Å². The summed E-state index contributed by atoms with van der Waals surface area (Å²) in [5, 5.41) is 0. The maximum atomic E-state index is 12.9. The van der Waals surface area contributed by atoms with Crippen LogP contribution in [0.1, 0.15) is 29.6 Å². The zero-order valence-corrected chi connectivity index (χ0v) is 13.6. The van der Waals surface area contributed by atoms with Crippen molar-refractivity contribution in [3.8, 4) is 0 Å². The largest absolute Gasteiger partial charge is 0.292 e. The summed E-state index contributed by atoms with van der Waals surface area (Å²) in [6, 6.07) is 16.6. The van der Waals surface area contributed by atoms with Crippen molar-refractivity contribution in [2.75, 3.05) is 6.54 Å². The van der Waals surface area contributed by atoms with Crippen molar-refractivity contribution in [1.82, 2.24) is 4.31 Å². The van der Waals surface area contributed by atoms with Crippen LogP contribution >= 0.6 is 0 Å².